The van der Waals surface area contributed by atoms with Gasteiger partial charge in [0.2, 0.25) is 5.75 Å². The first kappa shape index (κ1) is 19.5. The van der Waals surface area contributed by atoms with E-state index in [1.54, 1.807) is 35.5 Å². The highest BCUT2D eigenvalue weighted by molar-refractivity contribution is 6.01. The van der Waals surface area contributed by atoms with Crippen LogP contribution in [0.4, 0.5) is 5.69 Å². The highest BCUT2D eigenvalue weighted by Crippen LogP contribution is 2.41. The molecular weight excluding hydrogens is 362 g/mol. The minimum atomic E-state index is 0.528. The molecule has 8 nitrogen and oxygen atoms in total. The molecule has 0 fully saturated rings. The number of rotatable bonds is 8. The first-order valence-electron chi connectivity index (χ1n) is 8.73. The molecule has 1 N–H and O–H groups in total. The van der Waals surface area contributed by atoms with Crippen molar-refractivity contribution in [2.75, 3.05) is 47.1 Å². The van der Waals surface area contributed by atoms with Crippen LogP contribution in [-0.2, 0) is 6.42 Å². The van der Waals surface area contributed by atoms with Gasteiger partial charge in [-0.3, -0.25) is 5.43 Å². The van der Waals surface area contributed by atoms with E-state index in [0.717, 1.165) is 28.6 Å². The molecule has 0 saturated carbocycles. The Morgan fingerprint density at radius 1 is 0.857 bits per heavy atom. The lowest BCUT2D eigenvalue weighted by Crippen LogP contribution is -2.30. The van der Waals surface area contributed by atoms with Crippen LogP contribution in [0.25, 0.3) is 0 Å². The predicted molar refractivity (Wildman–Crippen MR) is 107 cm³/mol. The topological polar surface area (TPSA) is 73.8 Å². The molecule has 0 unspecified atom stereocenters. The molecule has 0 radical (unpaired) electrons. The smallest absolute Gasteiger partial charge is 0.203 e. The number of amidine groups is 1. The number of nitrogens with zero attached hydrogens (tertiary/aromatic N) is 2. The van der Waals surface area contributed by atoms with Crippen LogP contribution in [0, 0.1) is 0 Å². The first-order chi connectivity index (χ1) is 13.6. The number of hydrogen-bond acceptors (Lipinski definition) is 8. The van der Waals surface area contributed by atoms with Crippen LogP contribution >= 0.6 is 0 Å². The van der Waals surface area contributed by atoms with E-state index in [-0.39, 0.29) is 0 Å². The highest BCUT2D eigenvalue weighted by Gasteiger charge is 2.24. The molecule has 2 aromatic rings. The summed E-state index contributed by atoms with van der Waals surface area (Å²) < 4.78 is 27.2. The minimum absolute atomic E-state index is 0.528. The number of methoxy groups -OCH3 is 5. The summed E-state index contributed by atoms with van der Waals surface area (Å²) in [4.78, 5) is 2.05. The molecule has 2 aromatic carbocycles. The number of nitrogens with one attached hydrogen (secondary N) is 1. The van der Waals surface area contributed by atoms with E-state index in [9.17, 15) is 0 Å². The van der Waals surface area contributed by atoms with Crippen LogP contribution in [0.3, 0.4) is 0 Å². The standard InChI is InChI=1S/C20H25N3O5/c1-24-15-6-7-16(25-2)13(8-15)9-19-22-21-12-23(19)14-10-17(26-3)20(28-5)18(11-14)27-4/h6-8,10-11,21H,9,12H2,1-5H3. The van der Waals surface area contributed by atoms with Gasteiger partial charge < -0.3 is 28.6 Å². The second-order valence-electron chi connectivity index (χ2n) is 6.01. The van der Waals surface area contributed by atoms with Crippen molar-refractivity contribution in [1.29, 1.82) is 0 Å². The Balaban J connectivity index is 1.94. The molecule has 28 heavy (non-hydrogen) atoms. The van der Waals surface area contributed by atoms with Crippen LogP contribution in [0.2, 0.25) is 0 Å². The summed E-state index contributed by atoms with van der Waals surface area (Å²) in [7, 11) is 8.07. The van der Waals surface area contributed by atoms with Crippen molar-refractivity contribution in [2.45, 2.75) is 6.42 Å². The van der Waals surface area contributed by atoms with Crippen LogP contribution < -0.4 is 34.0 Å². The Kier molecular flexibility index (Phi) is 5.98. The molecule has 0 bridgehead atoms. The minimum Gasteiger partial charge on any atom is -0.497 e. The summed E-state index contributed by atoms with van der Waals surface area (Å²) in [5, 5.41) is 4.46. The van der Waals surface area contributed by atoms with Gasteiger partial charge in [0.1, 0.15) is 24.0 Å². The van der Waals surface area contributed by atoms with Crippen molar-refractivity contribution in [1.82, 2.24) is 5.43 Å². The molecule has 1 heterocycles. The third kappa shape index (κ3) is 3.71. The van der Waals surface area contributed by atoms with Crippen molar-refractivity contribution in [3.8, 4) is 28.7 Å². The van der Waals surface area contributed by atoms with E-state index >= 15 is 0 Å². The number of hydrazone groups is 1. The molecular formula is C20H25N3O5. The van der Waals surface area contributed by atoms with Crippen molar-refractivity contribution in [2.24, 2.45) is 5.10 Å². The van der Waals surface area contributed by atoms with Gasteiger partial charge in [0.05, 0.1) is 41.2 Å². The average molecular weight is 387 g/mol. The number of anilines is 1. The molecule has 0 aromatic heterocycles. The largest absolute Gasteiger partial charge is 0.497 e. The van der Waals surface area contributed by atoms with E-state index in [1.165, 1.54) is 0 Å². The van der Waals surface area contributed by atoms with Gasteiger partial charge in [-0.2, -0.15) is 5.10 Å². The number of hydrogen-bond donors (Lipinski definition) is 1. The average Bonchev–Trinajstić information content (AvgIpc) is 3.20. The van der Waals surface area contributed by atoms with Gasteiger partial charge >= 0.3 is 0 Å². The molecule has 150 valence electrons. The fourth-order valence-corrected chi connectivity index (χ4v) is 3.14. The lowest BCUT2D eigenvalue weighted by atomic mass is 10.1. The SMILES string of the molecule is COc1ccc(OC)c(CC2=NNCN2c2cc(OC)c(OC)c(OC)c2)c1. The van der Waals surface area contributed by atoms with E-state index in [2.05, 4.69) is 10.5 Å². The van der Waals surface area contributed by atoms with Gasteiger partial charge in [-0.1, -0.05) is 0 Å². The van der Waals surface area contributed by atoms with Gasteiger partial charge in [0.25, 0.3) is 0 Å². The second-order valence-corrected chi connectivity index (χ2v) is 6.01. The lowest BCUT2D eigenvalue weighted by molar-refractivity contribution is 0.324. The Bertz CT molecular complexity index is 844. The summed E-state index contributed by atoms with van der Waals surface area (Å²) >= 11 is 0. The first-order valence-corrected chi connectivity index (χ1v) is 8.73. The molecule has 0 atom stereocenters. The van der Waals surface area contributed by atoms with Gasteiger partial charge in [-0.15, -0.1) is 0 Å². The molecule has 0 saturated heterocycles. The van der Waals surface area contributed by atoms with Crippen molar-refractivity contribution in [3.63, 3.8) is 0 Å². The summed E-state index contributed by atoms with van der Waals surface area (Å²) in [6.45, 7) is 0.528. The third-order valence-corrected chi connectivity index (χ3v) is 4.55. The fraction of sp³-hybridized carbons (Fsp3) is 0.350. The Morgan fingerprint density at radius 2 is 1.54 bits per heavy atom. The van der Waals surface area contributed by atoms with E-state index in [1.807, 2.05) is 35.2 Å². The summed E-state index contributed by atoms with van der Waals surface area (Å²) in [6.07, 6.45) is 0.560. The van der Waals surface area contributed by atoms with Crippen LogP contribution in [-0.4, -0.2) is 48.1 Å². The second kappa shape index (κ2) is 8.60. The zero-order valence-electron chi connectivity index (χ0n) is 16.7. The van der Waals surface area contributed by atoms with Gasteiger partial charge in [-0.05, 0) is 18.2 Å². The van der Waals surface area contributed by atoms with E-state index in [4.69, 9.17) is 23.7 Å². The van der Waals surface area contributed by atoms with E-state index in [0.29, 0.717) is 30.3 Å². The number of ether oxygens (including phenoxy) is 5. The number of benzene rings is 2. The monoisotopic (exact) mass is 387 g/mol. The third-order valence-electron chi connectivity index (χ3n) is 4.55. The van der Waals surface area contributed by atoms with Crippen molar-refractivity contribution in [3.05, 3.63) is 35.9 Å². The molecule has 3 rings (SSSR count). The van der Waals surface area contributed by atoms with Crippen LogP contribution in [0.1, 0.15) is 5.56 Å². The zero-order chi connectivity index (χ0) is 20.1. The maximum Gasteiger partial charge on any atom is 0.203 e. The Labute approximate surface area is 164 Å². The quantitative estimate of drug-likeness (QED) is 0.746. The van der Waals surface area contributed by atoms with Crippen LogP contribution in [0.15, 0.2) is 35.4 Å². The molecule has 1 aliphatic heterocycles. The Morgan fingerprint density at radius 3 is 2.11 bits per heavy atom. The van der Waals surface area contributed by atoms with Crippen molar-refractivity contribution >= 4 is 11.5 Å². The summed E-state index contributed by atoms with van der Waals surface area (Å²) in [5.41, 5.74) is 4.89. The molecule has 0 aliphatic carbocycles. The highest BCUT2D eigenvalue weighted by atomic mass is 16.5. The zero-order valence-corrected chi connectivity index (χ0v) is 16.7. The maximum absolute atomic E-state index is 5.49. The normalized spacial score (nSPS) is 12.9. The molecule has 0 amide bonds. The fourth-order valence-electron chi connectivity index (χ4n) is 3.14. The van der Waals surface area contributed by atoms with E-state index < -0.39 is 0 Å². The summed E-state index contributed by atoms with van der Waals surface area (Å²) in [6, 6.07) is 9.50. The van der Waals surface area contributed by atoms with Gasteiger partial charge in [-0.25, -0.2) is 0 Å². The lowest BCUT2D eigenvalue weighted by Gasteiger charge is -2.22. The maximum atomic E-state index is 5.49. The van der Waals surface area contributed by atoms with Crippen molar-refractivity contribution < 1.29 is 23.7 Å². The predicted octanol–water partition coefficient (Wildman–Crippen LogP) is 2.65. The molecule has 8 heteroatoms. The summed E-state index contributed by atoms with van der Waals surface area (Å²) in [5.74, 6) is 4.10. The van der Waals surface area contributed by atoms with Crippen LogP contribution in [0.5, 0.6) is 28.7 Å². The molecule has 0 spiro atoms. The van der Waals surface area contributed by atoms with Gasteiger partial charge in [0, 0.05) is 24.1 Å². The van der Waals surface area contributed by atoms with Gasteiger partial charge in [0.15, 0.2) is 11.5 Å². The Hall–Kier alpha value is -3.29. The molecule has 1 aliphatic rings.